The summed E-state index contributed by atoms with van der Waals surface area (Å²) < 4.78 is 21.1. The number of methoxy groups -OCH3 is 1. The Morgan fingerprint density at radius 3 is 2.71 bits per heavy atom. The zero-order chi connectivity index (χ0) is 21.8. The first-order chi connectivity index (χ1) is 15.0. The average Bonchev–Trinajstić information content (AvgIpc) is 3.18. The normalized spacial score (nSPS) is 10.9. The number of nitrogens with one attached hydrogen (secondary N) is 1. The van der Waals surface area contributed by atoms with Crippen LogP contribution in [0.15, 0.2) is 59.7 Å². The van der Waals surface area contributed by atoms with Gasteiger partial charge in [-0.2, -0.15) is 0 Å². The lowest BCUT2D eigenvalue weighted by Crippen LogP contribution is -2.32. The fourth-order valence-corrected chi connectivity index (χ4v) is 3.07. The number of halogens is 1. The number of amides is 1. The van der Waals surface area contributed by atoms with Gasteiger partial charge in [-0.1, -0.05) is 29.5 Å². The molecular weight excluding hydrogens is 403 g/mol. The SMILES string of the molecule is COc1ccc(CNC(=O)Cn2cnc3c(nnn3Cc3cccc(F)c3)c2=O)cc1. The predicted molar refractivity (Wildman–Crippen MR) is 110 cm³/mol. The van der Waals surface area contributed by atoms with Crippen molar-refractivity contribution >= 4 is 17.1 Å². The molecule has 2 aromatic heterocycles. The van der Waals surface area contributed by atoms with Gasteiger partial charge in [-0.25, -0.2) is 14.1 Å². The summed E-state index contributed by atoms with van der Waals surface area (Å²) in [7, 11) is 1.58. The van der Waals surface area contributed by atoms with Gasteiger partial charge < -0.3 is 10.1 Å². The van der Waals surface area contributed by atoms with E-state index < -0.39 is 5.56 Å². The quantitative estimate of drug-likeness (QED) is 0.484. The molecule has 1 N–H and O–H groups in total. The number of hydrogen-bond acceptors (Lipinski definition) is 6. The molecule has 4 aromatic rings. The van der Waals surface area contributed by atoms with Crippen LogP contribution in [0.5, 0.6) is 5.75 Å². The Balaban J connectivity index is 1.45. The number of carbonyl (C=O) groups is 1. The van der Waals surface area contributed by atoms with Crippen LogP contribution in [-0.2, 0) is 24.4 Å². The first-order valence-corrected chi connectivity index (χ1v) is 9.46. The van der Waals surface area contributed by atoms with Gasteiger partial charge in [0.25, 0.3) is 5.56 Å². The number of hydrogen-bond donors (Lipinski definition) is 1. The Morgan fingerprint density at radius 1 is 1.16 bits per heavy atom. The highest BCUT2D eigenvalue weighted by Crippen LogP contribution is 2.11. The van der Waals surface area contributed by atoms with E-state index in [1.807, 2.05) is 12.1 Å². The number of aromatic nitrogens is 5. The molecule has 2 aromatic carbocycles. The van der Waals surface area contributed by atoms with E-state index in [9.17, 15) is 14.0 Å². The molecule has 0 aliphatic rings. The molecule has 0 spiro atoms. The van der Waals surface area contributed by atoms with E-state index in [0.717, 1.165) is 11.3 Å². The van der Waals surface area contributed by atoms with Crippen molar-refractivity contribution in [3.63, 3.8) is 0 Å². The second kappa shape index (κ2) is 8.74. The summed E-state index contributed by atoms with van der Waals surface area (Å²) in [5, 5.41) is 10.6. The molecule has 1 amide bonds. The number of benzene rings is 2. The molecule has 2 heterocycles. The first kappa shape index (κ1) is 20.2. The lowest BCUT2D eigenvalue weighted by atomic mass is 10.2. The highest BCUT2D eigenvalue weighted by molar-refractivity contribution is 5.76. The van der Waals surface area contributed by atoms with Gasteiger partial charge in [-0.3, -0.25) is 14.2 Å². The van der Waals surface area contributed by atoms with Crippen LogP contribution in [0.25, 0.3) is 11.2 Å². The second-order valence-electron chi connectivity index (χ2n) is 6.85. The van der Waals surface area contributed by atoms with Gasteiger partial charge in [-0.15, -0.1) is 5.10 Å². The first-order valence-electron chi connectivity index (χ1n) is 9.46. The Kier molecular flexibility index (Phi) is 5.69. The van der Waals surface area contributed by atoms with Gasteiger partial charge in [-0.05, 0) is 35.4 Å². The van der Waals surface area contributed by atoms with Crippen molar-refractivity contribution < 1.29 is 13.9 Å². The summed E-state index contributed by atoms with van der Waals surface area (Å²) in [5.41, 5.74) is 1.40. The minimum Gasteiger partial charge on any atom is -0.497 e. The molecule has 10 heteroatoms. The molecular formula is C21H19FN6O3. The van der Waals surface area contributed by atoms with E-state index in [2.05, 4.69) is 20.6 Å². The summed E-state index contributed by atoms with van der Waals surface area (Å²) in [6, 6.07) is 13.3. The van der Waals surface area contributed by atoms with Gasteiger partial charge in [0.15, 0.2) is 11.2 Å². The van der Waals surface area contributed by atoms with Crippen molar-refractivity contribution in [2.24, 2.45) is 0 Å². The van der Waals surface area contributed by atoms with E-state index in [1.54, 1.807) is 31.4 Å². The van der Waals surface area contributed by atoms with Crippen LogP contribution in [0.2, 0.25) is 0 Å². The standard InChI is InChI=1S/C21H19FN6O3/c1-31-17-7-5-14(6-8-17)10-23-18(29)12-27-13-24-20-19(21(27)30)25-26-28(20)11-15-3-2-4-16(22)9-15/h2-9,13H,10-12H2,1H3,(H,23,29). The fraction of sp³-hybridized carbons (Fsp3) is 0.190. The zero-order valence-electron chi connectivity index (χ0n) is 16.7. The average molecular weight is 422 g/mol. The molecule has 0 saturated heterocycles. The van der Waals surface area contributed by atoms with Crippen molar-refractivity contribution in [1.82, 2.24) is 29.9 Å². The molecule has 0 aliphatic heterocycles. The van der Waals surface area contributed by atoms with E-state index in [-0.39, 0.29) is 36.0 Å². The molecule has 0 fully saturated rings. The highest BCUT2D eigenvalue weighted by atomic mass is 19.1. The van der Waals surface area contributed by atoms with Gasteiger partial charge in [0, 0.05) is 6.54 Å². The minimum atomic E-state index is -0.477. The third-order valence-corrected chi connectivity index (χ3v) is 4.68. The van der Waals surface area contributed by atoms with Crippen LogP contribution in [0.1, 0.15) is 11.1 Å². The zero-order valence-corrected chi connectivity index (χ0v) is 16.7. The number of rotatable bonds is 7. The molecule has 0 bridgehead atoms. The molecule has 4 rings (SSSR count). The number of ether oxygens (including phenoxy) is 1. The summed E-state index contributed by atoms with van der Waals surface area (Å²) in [5.74, 6) is 0.0237. The number of nitrogens with zero attached hydrogens (tertiary/aromatic N) is 5. The smallest absolute Gasteiger partial charge is 0.283 e. The number of carbonyl (C=O) groups excluding carboxylic acids is 1. The number of fused-ring (bicyclic) bond motifs is 1. The fourth-order valence-electron chi connectivity index (χ4n) is 3.07. The van der Waals surface area contributed by atoms with Crippen molar-refractivity contribution in [2.45, 2.75) is 19.6 Å². The molecule has 0 atom stereocenters. The van der Waals surface area contributed by atoms with Crippen LogP contribution in [0, 0.1) is 5.82 Å². The van der Waals surface area contributed by atoms with E-state index in [1.165, 1.54) is 27.7 Å². The maximum atomic E-state index is 13.4. The Hall–Kier alpha value is -4.08. The van der Waals surface area contributed by atoms with Crippen molar-refractivity contribution in [3.05, 3.63) is 82.2 Å². The molecule has 0 radical (unpaired) electrons. The molecule has 31 heavy (non-hydrogen) atoms. The summed E-state index contributed by atoms with van der Waals surface area (Å²) in [4.78, 5) is 29.2. The van der Waals surface area contributed by atoms with Gasteiger partial charge in [0.05, 0.1) is 13.7 Å². The topological polar surface area (TPSA) is 104 Å². The van der Waals surface area contributed by atoms with Gasteiger partial charge in [0.1, 0.15) is 24.4 Å². The van der Waals surface area contributed by atoms with Crippen molar-refractivity contribution in [2.75, 3.05) is 7.11 Å². The largest absolute Gasteiger partial charge is 0.497 e. The van der Waals surface area contributed by atoms with Crippen LogP contribution >= 0.6 is 0 Å². The Bertz CT molecular complexity index is 1280. The maximum Gasteiger partial charge on any atom is 0.283 e. The summed E-state index contributed by atoms with van der Waals surface area (Å²) in [6.45, 7) is 0.332. The van der Waals surface area contributed by atoms with Crippen LogP contribution < -0.4 is 15.6 Å². The monoisotopic (exact) mass is 422 g/mol. The van der Waals surface area contributed by atoms with Crippen LogP contribution in [0.3, 0.4) is 0 Å². The molecule has 0 aliphatic carbocycles. The molecule has 9 nitrogen and oxygen atoms in total. The second-order valence-corrected chi connectivity index (χ2v) is 6.85. The molecule has 0 saturated carbocycles. The third-order valence-electron chi connectivity index (χ3n) is 4.68. The lowest BCUT2D eigenvalue weighted by molar-refractivity contribution is -0.121. The lowest BCUT2D eigenvalue weighted by Gasteiger charge is -2.08. The van der Waals surface area contributed by atoms with Gasteiger partial charge >= 0.3 is 0 Å². The maximum absolute atomic E-state index is 13.4. The van der Waals surface area contributed by atoms with Crippen molar-refractivity contribution in [3.8, 4) is 5.75 Å². The Morgan fingerprint density at radius 2 is 1.97 bits per heavy atom. The van der Waals surface area contributed by atoms with E-state index in [4.69, 9.17) is 4.74 Å². The molecule has 0 unspecified atom stereocenters. The third kappa shape index (κ3) is 4.58. The minimum absolute atomic E-state index is 0.0434. The van der Waals surface area contributed by atoms with E-state index >= 15 is 0 Å². The molecule has 158 valence electrons. The Labute approximate surface area is 176 Å². The van der Waals surface area contributed by atoms with Gasteiger partial charge in [0.2, 0.25) is 5.91 Å². The van der Waals surface area contributed by atoms with Crippen LogP contribution in [-0.4, -0.2) is 37.6 Å². The van der Waals surface area contributed by atoms with Crippen molar-refractivity contribution in [1.29, 1.82) is 0 Å². The predicted octanol–water partition coefficient (Wildman–Crippen LogP) is 1.50. The summed E-state index contributed by atoms with van der Waals surface area (Å²) >= 11 is 0. The van der Waals surface area contributed by atoms with E-state index in [0.29, 0.717) is 12.1 Å². The highest BCUT2D eigenvalue weighted by Gasteiger charge is 2.14. The van der Waals surface area contributed by atoms with Crippen LogP contribution in [0.4, 0.5) is 4.39 Å². The summed E-state index contributed by atoms with van der Waals surface area (Å²) in [6.07, 6.45) is 1.28.